The van der Waals surface area contributed by atoms with Crippen molar-refractivity contribution in [1.82, 2.24) is 0 Å². The maximum Gasteiger partial charge on any atom is 0.228 e. The third kappa shape index (κ3) is 3.03. The van der Waals surface area contributed by atoms with Gasteiger partial charge in [0.1, 0.15) is 5.75 Å². The Morgan fingerprint density at radius 1 is 1.31 bits per heavy atom. The molecule has 0 bridgehead atoms. The summed E-state index contributed by atoms with van der Waals surface area (Å²) >= 11 is 0. The predicted octanol–water partition coefficient (Wildman–Crippen LogP) is 2.18. The molecule has 72 valence electrons. The van der Waals surface area contributed by atoms with Crippen molar-refractivity contribution in [2.45, 2.75) is 6.42 Å². The van der Waals surface area contributed by atoms with Crippen LogP contribution in [0.1, 0.15) is 5.56 Å². The van der Waals surface area contributed by atoms with E-state index in [0.29, 0.717) is 12.4 Å². The van der Waals surface area contributed by atoms with Crippen LogP contribution in [-0.2, 0) is 11.2 Å². The molecule has 0 spiro atoms. The van der Waals surface area contributed by atoms with E-state index in [-0.39, 0.29) is 0 Å². The van der Waals surface area contributed by atoms with Crippen molar-refractivity contribution < 1.29 is 13.9 Å². The maximum absolute atomic E-state index is 11.9. The van der Waals surface area contributed by atoms with Crippen LogP contribution in [0.4, 0.5) is 4.39 Å². The molecule has 1 rings (SSSR count). The molecule has 2 nitrogen and oxygen atoms in total. The highest BCUT2D eigenvalue weighted by molar-refractivity contribution is 5.33. The molecule has 3 heteroatoms. The summed E-state index contributed by atoms with van der Waals surface area (Å²) in [5.41, 5.74) is 0.974. The van der Waals surface area contributed by atoms with Crippen LogP contribution in [0.2, 0.25) is 0 Å². The third-order valence-electron chi connectivity index (χ3n) is 1.76. The van der Waals surface area contributed by atoms with Gasteiger partial charge in [-0.05, 0) is 18.1 Å². The van der Waals surface area contributed by atoms with E-state index in [4.69, 9.17) is 9.47 Å². The molecule has 0 amide bonds. The Bertz CT molecular complexity index is 250. The van der Waals surface area contributed by atoms with Crippen molar-refractivity contribution in [2.24, 2.45) is 0 Å². The molecule has 0 fully saturated rings. The monoisotopic (exact) mass is 184 g/mol. The summed E-state index contributed by atoms with van der Waals surface area (Å²) in [5.74, 6) is 0.599. The van der Waals surface area contributed by atoms with Gasteiger partial charge in [-0.25, -0.2) is 4.39 Å². The first-order valence-electron chi connectivity index (χ1n) is 4.14. The Morgan fingerprint density at radius 2 is 2.08 bits per heavy atom. The number of para-hydroxylation sites is 1. The summed E-state index contributed by atoms with van der Waals surface area (Å²) in [7, 11) is 1.64. The van der Waals surface area contributed by atoms with Gasteiger partial charge < -0.3 is 9.47 Å². The van der Waals surface area contributed by atoms with Crippen molar-refractivity contribution in [3.8, 4) is 5.75 Å². The molecule has 0 aliphatic carbocycles. The zero-order valence-corrected chi connectivity index (χ0v) is 7.63. The first kappa shape index (κ1) is 9.99. The van der Waals surface area contributed by atoms with Crippen molar-refractivity contribution in [3.63, 3.8) is 0 Å². The van der Waals surface area contributed by atoms with E-state index in [0.717, 1.165) is 12.0 Å². The van der Waals surface area contributed by atoms with Gasteiger partial charge in [-0.2, -0.15) is 0 Å². The van der Waals surface area contributed by atoms with Crippen molar-refractivity contribution in [3.05, 3.63) is 29.8 Å². The highest BCUT2D eigenvalue weighted by Gasteiger charge is 2.01. The first-order chi connectivity index (χ1) is 6.38. The molecule has 1 aromatic carbocycles. The second-order valence-corrected chi connectivity index (χ2v) is 2.60. The summed E-state index contributed by atoms with van der Waals surface area (Å²) < 4.78 is 21.7. The standard InChI is InChI=1S/C10H13FO2/c1-12-7-6-9-4-2-3-5-10(9)13-8-11/h2-5H,6-8H2,1H3. The van der Waals surface area contributed by atoms with E-state index in [2.05, 4.69) is 0 Å². The molecule has 0 atom stereocenters. The molecule has 0 N–H and O–H groups in total. The number of halogens is 1. The van der Waals surface area contributed by atoms with E-state index in [1.165, 1.54) is 0 Å². The van der Waals surface area contributed by atoms with Crippen LogP contribution in [0.25, 0.3) is 0 Å². The van der Waals surface area contributed by atoms with Crippen LogP contribution in [-0.4, -0.2) is 20.6 Å². The summed E-state index contributed by atoms with van der Waals surface area (Å²) in [6.45, 7) is -0.170. The molecule has 0 heterocycles. The van der Waals surface area contributed by atoms with Gasteiger partial charge in [-0.3, -0.25) is 0 Å². The van der Waals surface area contributed by atoms with Gasteiger partial charge in [0, 0.05) is 7.11 Å². The van der Waals surface area contributed by atoms with Gasteiger partial charge in [0.2, 0.25) is 6.86 Å². The predicted molar refractivity (Wildman–Crippen MR) is 48.6 cm³/mol. The summed E-state index contributed by atoms with van der Waals surface area (Å²) in [5, 5.41) is 0. The van der Waals surface area contributed by atoms with Gasteiger partial charge in [0.15, 0.2) is 0 Å². The third-order valence-corrected chi connectivity index (χ3v) is 1.76. The van der Waals surface area contributed by atoms with Crippen LogP contribution in [0.15, 0.2) is 24.3 Å². The lowest BCUT2D eigenvalue weighted by atomic mass is 10.1. The number of ether oxygens (including phenoxy) is 2. The molecular weight excluding hydrogens is 171 g/mol. The average molecular weight is 184 g/mol. The quantitative estimate of drug-likeness (QED) is 0.698. The Kier molecular flexibility index (Phi) is 4.26. The highest BCUT2D eigenvalue weighted by Crippen LogP contribution is 2.18. The first-order valence-corrected chi connectivity index (χ1v) is 4.14. The molecule has 0 aliphatic rings. The number of benzene rings is 1. The lowest BCUT2D eigenvalue weighted by Gasteiger charge is -2.07. The smallest absolute Gasteiger partial charge is 0.228 e. The minimum Gasteiger partial charge on any atom is -0.463 e. The Balaban J connectivity index is 2.66. The van der Waals surface area contributed by atoms with Gasteiger partial charge >= 0.3 is 0 Å². The minimum absolute atomic E-state index is 0.599. The van der Waals surface area contributed by atoms with Gasteiger partial charge in [0.05, 0.1) is 6.61 Å². The van der Waals surface area contributed by atoms with E-state index < -0.39 is 6.86 Å². The van der Waals surface area contributed by atoms with E-state index in [1.54, 1.807) is 13.2 Å². The van der Waals surface area contributed by atoms with Crippen molar-refractivity contribution >= 4 is 0 Å². The van der Waals surface area contributed by atoms with Crippen molar-refractivity contribution in [1.29, 1.82) is 0 Å². The SMILES string of the molecule is COCCc1ccccc1OCF. The lowest BCUT2D eigenvalue weighted by Crippen LogP contribution is -1.99. The van der Waals surface area contributed by atoms with Crippen LogP contribution >= 0.6 is 0 Å². The number of hydrogen-bond donors (Lipinski definition) is 0. The second-order valence-electron chi connectivity index (χ2n) is 2.60. The normalized spacial score (nSPS) is 10.0. The molecular formula is C10H13FO2. The van der Waals surface area contributed by atoms with E-state index >= 15 is 0 Å². The largest absolute Gasteiger partial charge is 0.463 e. The maximum atomic E-state index is 11.9. The highest BCUT2D eigenvalue weighted by atomic mass is 19.1. The lowest BCUT2D eigenvalue weighted by molar-refractivity contribution is 0.183. The van der Waals surface area contributed by atoms with E-state index in [9.17, 15) is 4.39 Å². The Labute approximate surface area is 77.3 Å². The number of alkyl halides is 1. The van der Waals surface area contributed by atoms with Crippen LogP contribution in [0, 0.1) is 0 Å². The molecule has 1 aromatic rings. The molecule has 0 aliphatic heterocycles. The van der Waals surface area contributed by atoms with E-state index in [1.807, 2.05) is 18.2 Å². The number of methoxy groups -OCH3 is 1. The molecule has 0 radical (unpaired) electrons. The zero-order chi connectivity index (χ0) is 9.52. The molecule has 13 heavy (non-hydrogen) atoms. The Hall–Kier alpha value is -1.09. The zero-order valence-electron chi connectivity index (χ0n) is 7.63. The average Bonchev–Trinajstić information content (AvgIpc) is 2.17. The number of hydrogen-bond acceptors (Lipinski definition) is 2. The molecule has 0 unspecified atom stereocenters. The summed E-state index contributed by atoms with van der Waals surface area (Å²) in [4.78, 5) is 0. The number of rotatable bonds is 5. The van der Waals surface area contributed by atoms with Gasteiger partial charge in [-0.15, -0.1) is 0 Å². The fourth-order valence-corrected chi connectivity index (χ4v) is 1.12. The van der Waals surface area contributed by atoms with Crippen LogP contribution in [0.5, 0.6) is 5.75 Å². The van der Waals surface area contributed by atoms with Crippen molar-refractivity contribution in [2.75, 3.05) is 20.6 Å². The fraction of sp³-hybridized carbons (Fsp3) is 0.400. The molecule has 0 saturated heterocycles. The van der Waals surface area contributed by atoms with Gasteiger partial charge in [0.25, 0.3) is 0 Å². The molecule has 0 aromatic heterocycles. The fourth-order valence-electron chi connectivity index (χ4n) is 1.12. The topological polar surface area (TPSA) is 18.5 Å². The van der Waals surface area contributed by atoms with Crippen LogP contribution < -0.4 is 4.74 Å². The summed E-state index contributed by atoms with van der Waals surface area (Å²) in [6.07, 6.45) is 0.743. The second kappa shape index (κ2) is 5.54. The Morgan fingerprint density at radius 3 is 2.77 bits per heavy atom. The van der Waals surface area contributed by atoms with Gasteiger partial charge in [-0.1, -0.05) is 18.2 Å². The molecule has 0 saturated carbocycles. The van der Waals surface area contributed by atoms with Crippen LogP contribution in [0.3, 0.4) is 0 Å². The summed E-state index contributed by atoms with van der Waals surface area (Å²) in [6, 6.07) is 7.38. The minimum atomic E-state index is -0.788.